The van der Waals surface area contributed by atoms with E-state index in [-0.39, 0.29) is 6.10 Å². The van der Waals surface area contributed by atoms with E-state index in [0.29, 0.717) is 0 Å². The molecule has 0 bridgehead atoms. The predicted octanol–water partition coefficient (Wildman–Crippen LogP) is 2.76. The molecule has 0 N–H and O–H groups in total. The standard InChI is InChI=1S/C13H11NO/c1-2-4-12-11(3-1)9-13(15-12)10-5-7-14-8-6-10/h1-8,13H,9H2/t13-/m0/s1. The predicted molar refractivity (Wildman–Crippen MR) is 57.8 cm³/mol. The third-order valence-corrected chi connectivity index (χ3v) is 2.73. The van der Waals surface area contributed by atoms with Crippen molar-refractivity contribution in [2.24, 2.45) is 0 Å². The fourth-order valence-electron chi connectivity index (χ4n) is 1.95. The monoisotopic (exact) mass is 197 g/mol. The first-order valence-electron chi connectivity index (χ1n) is 5.08. The van der Waals surface area contributed by atoms with Crippen LogP contribution in [0, 0.1) is 0 Å². The zero-order chi connectivity index (χ0) is 10.1. The van der Waals surface area contributed by atoms with Crippen molar-refractivity contribution in [2.45, 2.75) is 12.5 Å². The van der Waals surface area contributed by atoms with Crippen molar-refractivity contribution < 1.29 is 4.74 Å². The number of benzene rings is 1. The number of aromatic nitrogens is 1. The van der Waals surface area contributed by atoms with Gasteiger partial charge in [-0.25, -0.2) is 0 Å². The fraction of sp³-hybridized carbons (Fsp3) is 0.154. The minimum atomic E-state index is 0.158. The van der Waals surface area contributed by atoms with Gasteiger partial charge in [-0.2, -0.15) is 0 Å². The quantitative estimate of drug-likeness (QED) is 0.701. The zero-order valence-electron chi connectivity index (χ0n) is 8.26. The highest BCUT2D eigenvalue weighted by Crippen LogP contribution is 2.35. The Bertz CT molecular complexity index is 442. The van der Waals surface area contributed by atoms with Gasteiger partial charge in [0.15, 0.2) is 0 Å². The first-order valence-corrected chi connectivity index (χ1v) is 5.08. The Balaban J connectivity index is 1.91. The molecule has 2 aromatic rings. The van der Waals surface area contributed by atoms with Crippen LogP contribution in [0.1, 0.15) is 17.2 Å². The summed E-state index contributed by atoms with van der Waals surface area (Å²) in [4.78, 5) is 4.01. The average molecular weight is 197 g/mol. The molecule has 1 aromatic carbocycles. The van der Waals surface area contributed by atoms with E-state index >= 15 is 0 Å². The van der Waals surface area contributed by atoms with E-state index in [1.54, 1.807) is 0 Å². The second kappa shape index (κ2) is 3.39. The maximum absolute atomic E-state index is 5.87. The third-order valence-electron chi connectivity index (χ3n) is 2.73. The van der Waals surface area contributed by atoms with E-state index in [1.807, 2.05) is 36.7 Å². The minimum absolute atomic E-state index is 0.158. The molecule has 15 heavy (non-hydrogen) atoms. The van der Waals surface area contributed by atoms with E-state index in [1.165, 1.54) is 11.1 Å². The van der Waals surface area contributed by atoms with Gasteiger partial charge in [0.05, 0.1) is 0 Å². The molecule has 2 heteroatoms. The van der Waals surface area contributed by atoms with Crippen LogP contribution in [-0.2, 0) is 6.42 Å². The van der Waals surface area contributed by atoms with Gasteiger partial charge in [-0.05, 0) is 29.3 Å². The van der Waals surface area contributed by atoms with Crippen molar-refractivity contribution in [1.82, 2.24) is 4.98 Å². The van der Waals surface area contributed by atoms with E-state index in [0.717, 1.165) is 12.2 Å². The number of nitrogens with zero attached hydrogens (tertiary/aromatic N) is 1. The smallest absolute Gasteiger partial charge is 0.128 e. The Labute approximate surface area is 88.5 Å². The van der Waals surface area contributed by atoms with Crippen LogP contribution >= 0.6 is 0 Å². The molecule has 74 valence electrons. The van der Waals surface area contributed by atoms with E-state index in [9.17, 15) is 0 Å². The molecule has 1 aromatic heterocycles. The molecule has 3 rings (SSSR count). The Morgan fingerprint density at radius 3 is 2.67 bits per heavy atom. The molecule has 0 unspecified atom stereocenters. The molecule has 0 saturated heterocycles. The Morgan fingerprint density at radius 2 is 1.87 bits per heavy atom. The second-order valence-corrected chi connectivity index (χ2v) is 3.70. The Kier molecular flexibility index (Phi) is 1.91. The van der Waals surface area contributed by atoms with Gasteiger partial charge in [0, 0.05) is 18.8 Å². The van der Waals surface area contributed by atoms with Crippen LogP contribution in [0.2, 0.25) is 0 Å². The maximum Gasteiger partial charge on any atom is 0.128 e. The van der Waals surface area contributed by atoms with Gasteiger partial charge in [-0.3, -0.25) is 4.98 Å². The number of pyridine rings is 1. The highest BCUT2D eigenvalue weighted by atomic mass is 16.5. The van der Waals surface area contributed by atoms with Crippen molar-refractivity contribution in [3.63, 3.8) is 0 Å². The summed E-state index contributed by atoms with van der Waals surface area (Å²) in [6, 6.07) is 12.2. The van der Waals surface area contributed by atoms with Crippen LogP contribution in [0.4, 0.5) is 0 Å². The lowest BCUT2D eigenvalue weighted by Gasteiger charge is -2.09. The molecule has 1 aliphatic heterocycles. The molecule has 2 heterocycles. The summed E-state index contributed by atoms with van der Waals surface area (Å²) in [5.41, 5.74) is 2.49. The molecule has 0 amide bonds. The zero-order valence-corrected chi connectivity index (χ0v) is 8.26. The number of rotatable bonds is 1. The molecule has 1 atom stereocenters. The van der Waals surface area contributed by atoms with Crippen molar-refractivity contribution in [2.75, 3.05) is 0 Å². The normalized spacial score (nSPS) is 18.3. The van der Waals surface area contributed by atoms with E-state index in [2.05, 4.69) is 17.1 Å². The number of ether oxygens (including phenoxy) is 1. The van der Waals surface area contributed by atoms with Gasteiger partial charge >= 0.3 is 0 Å². The number of hydrogen-bond acceptors (Lipinski definition) is 2. The molecular formula is C13H11NO. The first kappa shape index (κ1) is 8.48. The molecule has 0 spiro atoms. The van der Waals surface area contributed by atoms with Gasteiger partial charge < -0.3 is 4.74 Å². The van der Waals surface area contributed by atoms with Crippen LogP contribution in [0.5, 0.6) is 5.75 Å². The van der Waals surface area contributed by atoms with Crippen molar-refractivity contribution >= 4 is 0 Å². The third kappa shape index (κ3) is 1.48. The molecular weight excluding hydrogens is 186 g/mol. The molecule has 0 radical (unpaired) electrons. The number of para-hydroxylation sites is 1. The van der Waals surface area contributed by atoms with Crippen LogP contribution in [0.25, 0.3) is 0 Å². The topological polar surface area (TPSA) is 22.1 Å². The van der Waals surface area contributed by atoms with Crippen LogP contribution in [-0.4, -0.2) is 4.98 Å². The largest absolute Gasteiger partial charge is 0.485 e. The van der Waals surface area contributed by atoms with E-state index in [4.69, 9.17) is 4.74 Å². The molecule has 1 aliphatic rings. The van der Waals surface area contributed by atoms with Crippen LogP contribution < -0.4 is 4.74 Å². The molecule has 2 nitrogen and oxygen atoms in total. The lowest BCUT2D eigenvalue weighted by atomic mass is 10.1. The Hall–Kier alpha value is -1.83. The summed E-state index contributed by atoms with van der Waals surface area (Å²) >= 11 is 0. The number of hydrogen-bond donors (Lipinski definition) is 0. The molecule has 0 saturated carbocycles. The molecule has 0 fully saturated rings. The Morgan fingerprint density at radius 1 is 1.07 bits per heavy atom. The molecule has 0 aliphatic carbocycles. The minimum Gasteiger partial charge on any atom is -0.485 e. The fourth-order valence-corrected chi connectivity index (χ4v) is 1.95. The summed E-state index contributed by atoms with van der Waals surface area (Å²) in [6.45, 7) is 0. The van der Waals surface area contributed by atoms with Crippen LogP contribution in [0.3, 0.4) is 0 Å². The lowest BCUT2D eigenvalue weighted by molar-refractivity contribution is 0.238. The first-order chi connectivity index (χ1) is 7.43. The highest BCUT2D eigenvalue weighted by Gasteiger charge is 2.23. The maximum atomic E-state index is 5.87. The summed E-state index contributed by atoms with van der Waals surface area (Å²) < 4.78 is 5.87. The highest BCUT2D eigenvalue weighted by molar-refractivity contribution is 5.39. The second-order valence-electron chi connectivity index (χ2n) is 3.70. The summed E-state index contributed by atoms with van der Waals surface area (Å²) in [6.07, 6.45) is 4.73. The van der Waals surface area contributed by atoms with Gasteiger partial charge in [-0.15, -0.1) is 0 Å². The van der Waals surface area contributed by atoms with Gasteiger partial charge in [0.2, 0.25) is 0 Å². The van der Waals surface area contributed by atoms with E-state index < -0.39 is 0 Å². The van der Waals surface area contributed by atoms with Gasteiger partial charge in [-0.1, -0.05) is 18.2 Å². The van der Waals surface area contributed by atoms with Crippen LogP contribution in [0.15, 0.2) is 48.8 Å². The average Bonchev–Trinajstić information content (AvgIpc) is 2.74. The van der Waals surface area contributed by atoms with Gasteiger partial charge in [0.25, 0.3) is 0 Å². The van der Waals surface area contributed by atoms with Gasteiger partial charge in [0.1, 0.15) is 11.9 Å². The summed E-state index contributed by atoms with van der Waals surface area (Å²) in [5, 5.41) is 0. The summed E-state index contributed by atoms with van der Waals surface area (Å²) in [5.74, 6) is 1.01. The number of fused-ring (bicyclic) bond motifs is 1. The lowest BCUT2D eigenvalue weighted by Crippen LogP contribution is -2.02. The van der Waals surface area contributed by atoms with Crippen molar-refractivity contribution in [3.05, 3.63) is 59.9 Å². The summed E-state index contributed by atoms with van der Waals surface area (Å²) in [7, 11) is 0. The van der Waals surface area contributed by atoms with Crippen molar-refractivity contribution in [1.29, 1.82) is 0 Å². The SMILES string of the molecule is c1ccc2c(c1)C[C@@H](c1ccncc1)O2. The van der Waals surface area contributed by atoms with Crippen molar-refractivity contribution in [3.8, 4) is 5.75 Å².